The van der Waals surface area contributed by atoms with Gasteiger partial charge in [-0.1, -0.05) is 0 Å². The molecule has 28 heavy (non-hydrogen) atoms. The molecular formula is C20H34O8. The molecule has 8 nitrogen and oxygen atoms in total. The van der Waals surface area contributed by atoms with Crippen molar-refractivity contribution in [2.24, 2.45) is 0 Å². The summed E-state index contributed by atoms with van der Waals surface area (Å²) in [5, 5.41) is 0. The van der Waals surface area contributed by atoms with Crippen LogP contribution in [0.4, 0.5) is 0 Å². The number of ketones is 1. The molecule has 0 aliphatic rings. The molecule has 0 heterocycles. The number of unbranched alkanes of at least 4 members (excludes halogenated alkanes) is 3. The molecule has 0 aliphatic heterocycles. The standard InChI is InChI=1S/C20H34O8/c1-17(21)9-3-4-10-18(22)26-15-7-8-16-28-20(24)12-11-19(23)27-14-6-5-13-25-2/h3-16H2,1-2H3. The van der Waals surface area contributed by atoms with Crippen LogP contribution in [-0.4, -0.2) is 57.2 Å². The lowest BCUT2D eigenvalue weighted by atomic mass is 10.1. The van der Waals surface area contributed by atoms with Gasteiger partial charge in [-0.3, -0.25) is 14.4 Å². The van der Waals surface area contributed by atoms with Gasteiger partial charge < -0.3 is 23.7 Å². The van der Waals surface area contributed by atoms with E-state index in [1.807, 2.05) is 0 Å². The highest BCUT2D eigenvalue weighted by Crippen LogP contribution is 2.03. The molecule has 0 radical (unpaired) electrons. The number of ether oxygens (including phenoxy) is 4. The molecule has 0 aromatic heterocycles. The summed E-state index contributed by atoms with van der Waals surface area (Å²) in [7, 11) is 1.62. The Hall–Kier alpha value is -1.96. The highest BCUT2D eigenvalue weighted by atomic mass is 16.5. The lowest BCUT2D eigenvalue weighted by Crippen LogP contribution is -2.12. The molecule has 0 unspecified atom stereocenters. The molecule has 0 rings (SSSR count). The predicted molar refractivity (Wildman–Crippen MR) is 102 cm³/mol. The quantitative estimate of drug-likeness (QED) is 0.196. The Morgan fingerprint density at radius 2 is 0.929 bits per heavy atom. The third-order valence-corrected chi connectivity index (χ3v) is 3.76. The Bertz CT molecular complexity index is 461. The average molecular weight is 402 g/mol. The molecule has 0 aliphatic carbocycles. The maximum atomic E-state index is 11.5. The molecule has 0 amide bonds. The monoisotopic (exact) mass is 402 g/mol. The van der Waals surface area contributed by atoms with E-state index in [9.17, 15) is 19.2 Å². The maximum Gasteiger partial charge on any atom is 0.306 e. The van der Waals surface area contributed by atoms with Gasteiger partial charge in [-0.05, 0) is 45.4 Å². The first-order valence-electron chi connectivity index (χ1n) is 9.91. The van der Waals surface area contributed by atoms with E-state index in [1.165, 1.54) is 6.92 Å². The summed E-state index contributed by atoms with van der Waals surface area (Å²) < 4.78 is 20.0. The molecule has 0 aromatic carbocycles. The van der Waals surface area contributed by atoms with E-state index in [0.717, 1.165) is 12.8 Å². The fraction of sp³-hybridized carbons (Fsp3) is 0.800. The van der Waals surface area contributed by atoms with Crippen molar-refractivity contribution in [2.75, 3.05) is 33.5 Å². The van der Waals surface area contributed by atoms with Crippen molar-refractivity contribution in [1.29, 1.82) is 0 Å². The van der Waals surface area contributed by atoms with Crippen LogP contribution in [0.15, 0.2) is 0 Å². The average Bonchev–Trinajstić information content (AvgIpc) is 2.66. The van der Waals surface area contributed by atoms with Crippen LogP contribution in [0.5, 0.6) is 0 Å². The van der Waals surface area contributed by atoms with E-state index >= 15 is 0 Å². The molecule has 0 bridgehead atoms. The number of esters is 3. The number of hydrogen-bond acceptors (Lipinski definition) is 8. The summed E-state index contributed by atoms with van der Waals surface area (Å²) in [6.07, 6.45) is 4.86. The van der Waals surface area contributed by atoms with Gasteiger partial charge in [-0.15, -0.1) is 0 Å². The summed E-state index contributed by atoms with van der Waals surface area (Å²) >= 11 is 0. The third kappa shape index (κ3) is 18.8. The van der Waals surface area contributed by atoms with Crippen molar-refractivity contribution in [1.82, 2.24) is 0 Å². The smallest absolute Gasteiger partial charge is 0.306 e. The Kier molecular flexibility index (Phi) is 17.1. The van der Waals surface area contributed by atoms with Crippen molar-refractivity contribution in [3.63, 3.8) is 0 Å². The summed E-state index contributed by atoms with van der Waals surface area (Å²) in [4.78, 5) is 45.2. The minimum absolute atomic E-state index is 0.00432. The van der Waals surface area contributed by atoms with Crippen LogP contribution >= 0.6 is 0 Å². The summed E-state index contributed by atoms with van der Waals surface area (Å²) in [6, 6.07) is 0. The lowest BCUT2D eigenvalue weighted by molar-refractivity contribution is -0.150. The van der Waals surface area contributed by atoms with Crippen LogP contribution in [0.2, 0.25) is 0 Å². The second kappa shape index (κ2) is 18.4. The highest BCUT2D eigenvalue weighted by Gasteiger charge is 2.09. The third-order valence-electron chi connectivity index (χ3n) is 3.76. The van der Waals surface area contributed by atoms with E-state index in [1.54, 1.807) is 7.11 Å². The maximum absolute atomic E-state index is 11.5. The van der Waals surface area contributed by atoms with Gasteiger partial charge >= 0.3 is 17.9 Å². The van der Waals surface area contributed by atoms with Crippen molar-refractivity contribution in [2.45, 2.75) is 71.1 Å². The number of methoxy groups -OCH3 is 1. The van der Waals surface area contributed by atoms with E-state index in [0.29, 0.717) is 51.7 Å². The Labute approximate surface area is 167 Å². The van der Waals surface area contributed by atoms with Gasteiger partial charge in [0.25, 0.3) is 0 Å². The first-order valence-corrected chi connectivity index (χ1v) is 9.91. The van der Waals surface area contributed by atoms with Crippen LogP contribution in [0.3, 0.4) is 0 Å². The SMILES string of the molecule is COCCCCOC(=O)CCC(=O)OCCCCOC(=O)CCCCC(C)=O. The number of hydrogen-bond donors (Lipinski definition) is 0. The van der Waals surface area contributed by atoms with Crippen molar-refractivity contribution >= 4 is 23.7 Å². The van der Waals surface area contributed by atoms with Crippen molar-refractivity contribution < 1.29 is 38.1 Å². The fourth-order valence-electron chi connectivity index (χ4n) is 2.17. The minimum atomic E-state index is -0.446. The molecule has 0 saturated carbocycles. The van der Waals surface area contributed by atoms with Gasteiger partial charge in [0.1, 0.15) is 5.78 Å². The first-order chi connectivity index (χ1) is 13.5. The van der Waals surface area contributed by atoms with Gasteiger partial charge in [-0.25, -0.2) is 0 Å². The molecular weight excluding hydrogens is 368 g/mol. The van der Waals surface area contributed by atoms with E-state index in [4.69, 9.17) is 18.9 Å². The Morgan fingerprint density at radius 1 is 0.536 bits per heavy atom. The molecule has 8 heteroatoms. The molecule has 0 spiro atoms. The van der Waals surface area contributed by atoms with Crippen LogP contribution < -0.4 is 0 Å². The zero-order chi connectivity index (χ0) is 21.0. The topological polar surface area (TPSA) is 105 Å². The zero-order valence-electron chi connectivity index (χ0n) is 17.2. The lowest BCUT2D eigenvalue weighted by Gasteiger charge is -2.07. The molecule has 0 fully saturated rings. The Balaban J connectivity index is 3.46. The fourth-order valence-corrected chi connectivity index (χ4v) is 2.17. The summed E-state index contributed by atoms with van der Waals surface area (Å²) in [6.45, 7) is 2.99. The molecule has 162 valence electrons. The zero-order valence-corrected chi connectivity index (χ0v) is 17.2. The van der Waals surface area contributed by atoms with Crippen molar-refractivity contribution in [3.8, 4) is 0 Å². The second-order valence-corrected chi connectivity index (χ2v) is 6.48. The largest absolute Gasteiger partial charge is 0.466 e. The van der Waals surface area contributed by atoms with Gasteiger partial charge in [0, 0.05) is 26.6 Å². The van der Waals surface area contributed by atoms with E-state index < -0.39 is 11.9 Å². The minimum Gasteiger partial charge on any atom is -0.466 e. The summed E-state index contributed by atoms with van der Waals surface area (Å²) in [5.74, 6) is -1.01. The molecule has 0 N–H and O–H groups in total. The van der Waals surface area contributed by atoms with Crippen LogP contribution in [0, 0.1) is 0 Å². The normalized spacial score (nSPS) is 10.4. The van der Waals surface area contributed by atoms with Crippen LogP contribution in [-0.2, 0) is 38.1 Å². The van der Waals surface area contributed by atoms with Gasteiger partial charge in [0.15, 0.2) is 0 Å². The van der Waals surface area contributed by atoms with E-state index in [-0.39, 0.29) is 37.8 Å². The van der Waals surface area contributed by atoms with E-state index in [2.05, 4.69) is 0 Å². The first kappa shape index (κ1) is 26.0. The molecule has 0 atom stereocenters. The summed E-state index contributed by atoms with van der Waals surface area (Å²) in [5.41, 5.74) is 0. The van der Waals surface area contributed by atoms with Crippen LogP contribution in [0.25, 0.3) is 0 Å². The number of carbonyl (C=O) groups excluding carboxylic acids is 4. The van der Waals surface area contributed by atoms with Crippen LogP contribution in [0.1, 0.15) is 71.1 Å². The van der Waals surface area contributed by atoms with Crippen molar-refractivity contribution in [3.05, 3.63) is 0 Å². The number of rotatable bonds is 18. The van der Waals surface area contributed by atoms with Gasteiger partial charge in [-0.2, -0.15) is 0 Å². The van der Waals surface area contributed by atoms with Gasteiger partial charge in [0.05, 0.1) is 32.7 Å². The molecule has 0 aromatic rings. The second-order valence-electron chi connectivity index (χ2n) is 6.48. The highest BCUT2D eigenvalue weighted by molar-refractivity contribution is 5.77. The number of Topliss-reactive ketones (excluding diaryl/α,β-unsaturated/α-hetero) is 1. The predicted octanol–water partition coefficient (Wildman–Crippen LogP) is 2.75. The molecule has 0 saturated heterocycles. The number of carbonyl (C=O) groups is 4. The Morgan fingerprint density at radius 3 is 1.36 bits per heavy atom. The van der Waals surface area contributed by atoms with Gasteiger partial charge in [0.2, 0.25) is 0 Å².